The molecule has 6 rings (SSSR count). The SMILES string of the molecule is CCCc1cc2cnc(Nc3ccc(N4CCC(N5CCN(C)CC5)CC4)nc3)nc2n1-c1cccc(C(C)(C)O)n1. The standard InChI is InChI=1S/C32H43N9O/c1-5-7-26-20-23-21-34-31(37-30(23)41(26)29-9-6-8-27(36-29)32(2,3)42)35-24-10-11-28(33-22-24)40-14-12-25(13-15-40)39-18-16-38(4)17-19-39/h6,8-11,20-22,25,42H,5,7,12-19H2,1-4H3,(H,34,35,37). The topological polar surface area (TPSA) is 98.5 Å². The first-order chi connectivity index (χ1) is 20.3. The fourth-order valence-electron chi connectivity index (χ4n) is 6.11. The molecule has 2 fully saturated rings. The van der Waals surface area contributed by atoms with Gasteiger partial charge < -0.3 is 20.2 Å². The van der Waals surface area contributed by atoms with E-state index in [0.29, 0.717) is 17.7 Å². The fourth-order valence-corrected chi connectivity index (χ4v) is 6.11. The normalized spacial score (nSPS) is 17.7. The van der Waals surface area contributed by atoms with E-state index in [1.165, 1.54) is 39.0 Å². The lowest BCUT2D eigenvalue weighted by molar-refractivity contribution is 0.0738. The number of fused-ring (bicyclic) bond motifs is 1. The summed E-state index contributed by atoms with van der Waals surface area (Å²) in [6, 6.07) is 12.7. The predicted molar refractivity (Wildman–Crippen MR) is 168 cm³/mol. The molecule has 2 saturated heterocycles. The second-order valence-corrected chi connectivity index (χ2v) is 12.2. The summed E-state index contributed by atoms with van der Waals surface area (Å²) in [7, 11) is 2.21. The molecule has 0 saturated carbocycles. The monoisotopic (exact) mass is 569 g/mol. The third kappa shape index (κ3) is 6.11. The van der Waals surface area contributed by atoms with Gasteiger partial charge in [-0.2, -0.15) is 4.98 Å². The number of piperidine rings is 1. The summed E-state index contributed by atoms with van der Waals surface area (Å²) in [5.74, 6) is 2.26. The fraction of sp³-hybridized carbons (Fsp3) is 0.500. The minimum absolute atomic E-state index is 0.506. The molecule has 2 aliphatic rings. The average molecular weight is 570 g/mol. The Balaban J connectivity index is 1.17. The van der Waals surface area contributed by atoms with E-state index in [9.17, 15) is 5.11 Å². The lowest BCUT2D eigenvalue weighted by atomic mass is 10.0. The van der Waals surface area contributed by atoms with E-state index in [1.807, 2.05) is 30.6 Å². The molecule has 0 spiro atoms. The van der Waals surface area contributed by atoms with Crippen LogP contribution in [0.25, 0.3) is 16.9 Å². The molecule has 2 N–H and O–H groups in total. The van der Waals surface area contributed by atoms with Crippen molar-refractivity contribution >= 4 is 28.5 Å². The Hall–Kier alpha value is -3.60. The van der Waals surface area contributed by atoms with Crippen LogP contribution in [0.2, 0.25) is 0 Å². The number of aliphatic hydroxyl groups is 1. The third-order valence-corrected chi connectivity index (χ3v) is 8.56. The van der Waals surface area contributed by atoms with Crippen LogP contribution in [0.4, 0.5) is 17.5 Å². The number of piperazine rings is 1. The molecule has 0 aliphatic carbocycles. The molecule has 42 heavy (non-hydrogen) atoms. The molecular formula is C32H43N9O. The minimum Gasteiger partial charge on any atom is -0.384 e. The molecule has 4 aromatic heterocycles. The smallest absolute Gasteiger partial charge is 0.229 e. The van der Waals surface area contributed by atoms with E-state index in [-0.39, 0.29) is 0 Å². The Morgan fingerprint density at radius 2 is 1.71 bits per heavy atom. The maximum Gasteiger partial charge on any atom is 0.229 e. The first-order valence-electron chi connectivity index (χ1n) is 15.3. The second kappa shape index (κ2) is 11.9. The number of hydrogen-bond acceptors (Lipinski definition) is 9. The number of nitrogens with one attached hydrogen (secondary N) is 1. The maximum atomic E-state index is 10.6. The van der Waals surface area contributed by atoms with Crippen molar-refractivity contribution in [3.8, 4) is 5.82 Å². The lowest BCUT2D eigenvalue weighted by Gasteiger charge is -2.42. The number of aryl methyl sites for hydroxylation is 1. The highest BCUT2D eigenvalue weighted by Gasteiger charge is 2.27. The summed E-state index contributed by atoms with van der Waals surface area (Å²) in [5, 5.41) is 14.9. The van der Waals surface area contributed by atoms with Crippen LogP contribution in [0.1, 0.15) is 51.4 Å². The Morgan fingerprint density at radius 1 is 0.929 bits per heavy atom. The van der Waals surface area contributed by atoms with Crippen molar-refractivity contribution in [1.29, 1.82) is 0 Å². The van der Waals surface area contributed by atoms with Gasteiger partial charge in [-0.15, -0.1) is 0 Å². The summed E-state index contributed by atoms with van der Waals surface area (Å²) in [5.41, 5.74) is 2.32. The molecule has 0 atom stereocenters. The zero-order chi connectivity index (χ0) is 29.3. The highest BCUT2D eigenvalue weighted by Crippen LogP contribution is 2.27. The predicted octanol–water partition coefficient (Wildman–Crippen LogP) is 4.35. The van der Waals surface area contributed by atoms with Crippen LogP contribution >= 0.6 is 0 Å². The van der Waals surface area contributed by atoms with E-state index in [2.05, 4.69) is 61.7 Å². The van der Waals surface area contributed by atoms with Gasteiger partial charge in [0.25, 0.3) is 0 Å². The van der Waals surface area contributed by atoms with E-state index in [4.69, 9.17) is 15.0 Å². The van der Waals surface area contributed by atoms with Crippen molar-refractivity contribution in [2.45, 2.75) is 58.1 Å². The summed E-state index contributed by atoms with van der Waals surface area (Å²) < 4.78 is 2.08. The molecule has 0 bridgehead atoms. The summed E-state index contributed by atoms with van der Waals surface area (Å²) in [6.45, 7) is 12.4. The number of anilines is 3. The van der Waals surface area contributed by atoms with Crippen LogP contribution in [0.15, 0.2) is 48.8 Å². The maximum absolute atomic E-state index is 10.6. The second-order valence-electron chi connectivity index (χ2n) is 12.2. The van der Waals surface area contributed by atoms with Crippen LogP contribution < -0.4 is 10.2 Å². The first kappa shape index (κ1) is 28.5. The van der Waals surface area contributed by atoms with E-state index < -0.39 is 5.60 Å². The molecule has 10 heteroatoms. The van der Waals surface area contributed by atoms with Crippen LogP contribution in [-0.2, 0) is 12.0 Å². The van der Waals surface area contributed by atoms with Gasteiger partial charge in [0.15, 0.2) is 5.65 Å². The quantitative estimate of drug-likeness (QED) is 0.321. The van der Waals surface area contributed by atoms with Gasteiger partial charge in [0.2, 0.25) is 5.95 Å². The number of nitrogens with zero attached hydrogens (tertiary/aromatic N) is 8. The first-order valence-corrected chi connectivity index (χ1v) is 15.3. The number of likely N-dealkylation sites (N-methyl/N-ethyl adjacent to an activating group) is 1. The number of pyridine rings is 2. The Labute approximate surface area is 248 Å². The van der Waals surface area contributed by atoms with E-state index in [0.717, 1.165) is 60.0 Å². The highest BCUT2D eigenvalue weighted by molar-refractivity contribution is 5.80. The zero-order valence-electron chi connectivity index (χ0n) is 25.3. The zero-order valence-corrected chi connectivity index (χ0v) is 25.3. The molecule has 10 nitrogen and oxygen atoms in total. The Bertz CT molecular complexity index is 1490. The van der Waals surface area contributed by atoms with Gasteiger partial charge in [0.05, 0.1) is 17.6 Å². The van der Waals surface area contributed by atoms with Gasteiger partial charge >= 0.3 is 0 Å². The summed E-state index contributed by atoms with van der Waals surface area (Å²) >= 11 is 0. The molecule has 0 radical (unpaired) electrons. The van der Waals surface area contributed by atoms with Crippen LogP contribution in [0.5, 0.6) is 0 Å². The Morgan fingerprint density at radius 3 is 2.40 bits per heavy atom. The van der Waals surface area contributed by atoms with Crippen LogP contribution in [-0.4, -0.2) is 91.8 Å². The third-order valence-electron chi connectivity index (χ3n) is 8.56. The van der Waals surface area contributed by atoms with Crippen molar-refractivity contribution in [2.75, 3.05) is 56.5 Å². The van der Waals surface area contributed by atoms with Gasteiger partial charge in [-0.3, -0.25) is 9.47 Å². The number of rotatable bonds is 8. The molecule has 0 amide bonds. The van der Waals surface area contributed by atoms with Crippen LogP contribution in [0.3, 0.4) is 0 Å². The lowest BCUT2D eigenvalue weighted by Crippen LogP contribution is -2.52. The molecule has 4 aromatic rings. The highest BCUT2D eigenvalue weighted by atomic mass is 16.3. The number of aromatic nitrogens is 5. The van der Waals surface area contributed by atoms with Crippen LogP contribution in [0, 0.1) is 0 Å². The van der Waals surface area contributed by atoms with E-state index >= 15 is 0 Å². The molecule has 0 unspecified atom stereocenters. The minimum atomic E-state index is -1.04. The molecule has 2 aliphatic heterocycles. The van der Waals surface area contributed by atoms with Crippen molar-refractivity contribution in [3.05, 3.63) is 60.2 Å². The molecule has 0 aromatic carbocycles. The van der Waals surface area contributed by atoms with Gasteiger partial charge in [0, 0.05) is 62.6 Å². The summed E-state index contributed by atoms with van der Waals surface area (Å²) in [4.78, 5) is 26.6. The van der Waals surface area contributed by atoms with E-state index in [1.54, 1.807) is 13.8 Å². The van der Waals surface area contributed by atoms with Crippen molar-refractivity contribution in [3.63, 3.8) is 0 Å². The Kier molecular flexibility index (Phi) is 8.11. The molecular weight excluding hydrogens is 526 g/mol. The van der Waals surface area contributed by atoms with Crippen molar-refractivity contribution in [2.24, 2.45) is 0 Å². The van der Waals surface area contributed by atoms with Gasteiger partial charge in [-0.25, -0.2) is 15.0 Å². The van der Waals surface area contributed by atoms with Gasteiger partial charge in [-0.05, 0) is 70.5 Å². The largest absolute Gasteiger partial charge is 0.384 e. The van der Waals surface area contributed by atoms with Gasteiger partial charge in [-0.1, -0.05) is 19.4 Å². The van der Waals surface area contributed by atoms with Crippen molar-refractivity contribution < 1.29 is 5.11 Å². The number of hydrogen-bond donors (Lipinski definition) is 2. The molecule has 6 heterocycles. The van der Waals surface area contributed by atoms with Gasteiger partial charge in [0.1, 0.15) is 17.2 Å². The van der Waals surface area contributed by atoms with Crippen molar-refractivity contribution in [1.82, 2.24) is 34.3 Å². The average Bonchev–Trinajstić information content (AvgIpc) is 3.35. The molecule has 222 valence electrons. The summed E-state index contributed by atoms with van der Waals surface area (Å²) in [6.07, 6.45) is 7.97.